The van der Waals surface area contributed by atoms with E-state index in [1.807, 2.05) is 0 Å². The Morgan fingerprint density at radius 1 is 1.00 bits per heavy atom. The minimum atomic E-state index is -6.01. The summed E-state index contributed by atoms with van der Waals surface area (Å²) in [5.41, 5.74) is -0.789. The smallest absolute Gasteiger partial charge is 0.448 e. The van der Waals surface area contributed by atoms with Gasteiger partial charge in [0.05, 0.1) is 0 Å². The summed E-state index contributed by atoms with van der Waals surface area (Å²) in [4.78, 5) is 0. The van der Waals surface area contributed by atoms with Crippen LogP contribution < -0.4 is 51.4 Å². The third-order valence-electron chi connectivity index (χ3n) is 1.96. The molecular formula is C8H5BBrF6K. The van der Waals surface area contributed by atoms with E-state index in [0.717, 1.165) is 24.3 Å². The second-order valence-corrected chi connectivity index (χ2v) is 4.11. The van der Waals surface area contributed by atoms with Crippen molar-refractivity contribution in [2.45, 2.75) is 12.0 Å². The van der Waals surface area contributed by atoms with Crippen molar-refractivity contribution >= 4 is 22.9 Å². The van der Waals surface area contributed by atoms with Gasteiger partial charge in [-0.25, -0.2) is 0 Å². The first kappa shape index (κ1) is 18.0. The van der Waals surface area contributed by atoms with E-state index in [-0.39, 0.29) is 51.4 Å². The summed E-state index contributed by atoms with van der Waals surface area (Å²) in [5.74, 6) is -3.37. The van der Waals surface area contributed by atoms with Crippen LogP contribution in [0.15, 0.2) is 28.7 Å². The van der Waals surface area contributed by atoms with Gasteiger partial charge in [-0.3, -0.25) is 0 Å². The predicted octanol–water partition coefficient (Wildman–Crippen LogP) is 1.49. The van der Waals surface area contributed by atoms with Gasteiger partial charge in [0.2, 0.25) is 0 Å². The molecule has 1 atom stereocenters. The number of halogens is 7. The normalized spacial score (nSPS) is 14.1. The fourth-order valence-corrected chi connectivity index (χ4v) is 1.56. The first-order valence-corrected chi connectivity index (χ1v) is 4.94. The monoisotopic (exact) mass is 344 g/mol. The molecule has 0 aromatic heterocycles. The molecule has 0 spiro atoms. The van der Waals surface area contributed by atoms with Crippen molar-refractivity contribution in [2.75, 3.05) is 0 Å². The van der Waals surface area contributed by atoms with E-state index in [1.165, 1.54) is 0 Å². The van der Waals surface area contributed by atoms with Crippen LogP contribution in [0, 0.1) is 0 Å². The molecule has 0 radical (unpaired) electrons. The molecule has 90 valence electrons. The van der Waals surface area contributed by atoms with Gasteiger partial charge in [-0.05, 0) is 12.1 Å². The Bertz CT molecular complexity index is 346. The SMILES string of the molecule is F[B-](F)(F)C(c1ccc(Br)cc1)C(F)(F)F.[K+]. The number of hydrogen-bond donors (Lipinski definition) is 0. The second-order valence-electron chi connectivity index (χ2n) is 3.20. The van der Waals surface area contributed by atoms with E-state index in [1.54, 1.807) is 0 Å². The van der Waals surface area contributed by atoms with E-state index >= 15 is 0 Å². The fourth-order valence-electron chi connectivity index (χ4n) is 1.29. The van der Waals surface area contributed by atoms with Gasteiger partial charge in [0.15, 0.2) is 0 Å². The van der Waals surface area contributed by atoms with Gasteiger partial charge in [-0.2, -0.15) is 13.2 Å². The van der Waals surface area contributed by atoms with Gasteiger partial charge in [-0.1, -0.05) is 33.6 Å². The summed E-state index contributed by atoms with van der Waals surface area (Å²) >= 11 is 2.94. The van der Waals surface area contributed by atoms with Crippen molar-refractivity contribution in [3.63, 3.8) is 0 Å². The molecule has 17 heavy (non-hydrogen) atoms. The largest absolute Gasteiger partial charge is 1.00 e. The third kappa shape index (κ3) is 5.24. The molecule has 0 heterocycles. The van der Waals surface area contributed by atoms with Gasteiger partial charge in [0.1, 0.15) is 0 Å². The Kier molecular flexibility index (Phi) is 6.80. The summed E-state index contributed by atoms with van der Waals surface area (Å²) < 4.78 is 74.3. The zero-order valence-electron chi connectivity index (χ0n) is 8.61. The molecule has 1 unspecified atom stereocenters. The van der Waals surface area contributed by atoms with Crippen LogP contribution in [-0.2, 0) is 0 Å². The minimum Gasteiger partial charge on any atom is -0.448 e. The summed E-state index contributed by atoms with van der Waals surface area (Å²) in [7, 11) is 0. The van der Waals surface area contributed by atoms with E-state index in [2.05, 4.69) is 15.9 Å². The maximum Gasteiger partial charge on any atom is 1.00 e. The van der Waals surface area contributed by atoms with Gasteiger partial charge < -0.3 is 12.9 Å². The summed E-state index contributed by atoms with van der Waals surface area (Å²) in [6.45, 7) is -6.01. The maximum absolute atomic E-state index is 12.3. The van der Waals surface area contributed by atoms with Crippen LogP contribution in [0.4, 0.5) is 26.1 Å². The first-order valence-electron chi connectivity index (χ1n) is 4.14. The number of hydrogen-bond acceptors (Lipinski definition) is 0. The Morgan fingerprint density at radius 3 is 1.71 bits per heavy atom. The van der Waals surface area contributed by atoms with Crippen molar-refractivity contribution in [3.05, 3.63) is 34.3 Å². The average Bonchev–Trinajstić information content (AvgIpc) is 2.03. The van der Waals surface area contributed by atoms with E-state index < -0.39 is 24.5 Å². The van der Waals surface area contributed by atoms with E-state index in [0.29, 0.717) is 4.47 Å². The van der Waals surface area contributed by atoms with Crippen molar-refractivity contribution in [1.29, 1.82) is 0 Å². The molecule has 0 saturated carbocycles. The van der Waals surface area contributed by atoms with Crippen molar-refractivity contribution in [3.8, 4) is 0 Å². The Labute approximate surface area is 145 Å². The quantitative estimate of drug-likeness (QED) is 0.563. The standard InChI is InChI=1S/C8H5BBrF6.K/c10-6-3-1-5(2-4-6)7(8(11,12)13)9(14,15)16;/h1-4,7H;/q-1;+1. The molecule has 0 saturated heterocycles. The van der Waals surface area contributed by atoms with E-state index in [9.17, 15) is 26.1 Å². The van der Waals surface area contributed by atoms with Crippen molar-refractivity contribution in [1.82, 2.24) is 0 Å². The van der Waals surface area contributed by atoms with Gasteiger partial charge in [0.25, 0.3) is 0 Å². The number of rotatable bonds is 2. The molecule has 0 bridgehead atoms. The number of alkyl halides is 3. The molecule has 0 fully saturated rings. The molecule has 9 heteroatoms. The summed E-state index contributed by atoms with van der Waals surface area (Å²) in [5, 5.41) is 0. The molecule has 0 N–H and O–H groups in total. The molecule has 0 aliphatic carbocycles. The fraction of sp³-hybridized carbons (Fsp3) is 0.250. The predicted molar refractivity (Wildman–Crippen MR) is 52.0 cm³/mol. The van der Waals surface area contributed by atoms with E-state index in [4.69, 9.17) is 0 Å². The Balaban J connectivity index is 0.00000256. The second kappa shape index (κ2) is 6.43. The Hall–Kier alpha value is 0.981. The van der Waals surface area contributed by atoms with Crippen LogP contribution in [-0.4, -0.2) is 13.2 Å². The number of benzene rings is 1. The first-order chi connectivity index (χ1) is 7.12. The molecule has 0 aliphatic heterocycles. The molecule has 0 amide bonds. The average molecular weight is 345 g/mol. The van der Waals surface area contributed by atoms with Gasteiger partial charge >= 0.3 is 64.5 Å². The maximum atomic E-state index is 12.3. The summed E-state index contributed by atoms with van der Waals surface area (Å²) in [6.07, 6.45) is -5.31. The van der Waals surface area contributed by atoms with Gasteiger partial charge in [-0.15, -0.1) is 0 Å². The van der Waals surface area contributed by atoms with Gasteiger partial charge in [0, 0.05) is 10.3 Å². The zero-order chi connectivity index (χ0) is 12.6. The minimum absolute atomic E-state index is 0. The van der Waals surface area contributed by atoms with Crippen LogP contribution in [0.3, 0.4) is 0 Å². The molecule has 1 aromatic carbocycles. The molecular weight excluding hydrogens is 340 g/mol. The molecule has 1 aromatic rings. The molecule has 0 aliphatic rings. The van der Waals surface area contributed by atoms with Crippen LogP contribution >= 0.6 is 15.9 Å². The van der Waals surface area contributed by atoms with Crippen LogP contribution in [0.5, 0.6) is 0 Å². The molecule has 0 nitrogen and oxygen atoms in total. The molecule has 1 rings (SSSR count). The van der Waals surface area contributed by atoms with Crippen molar-refractivity contribution < 1.29 is 77.5 Å². The van der Waals surface area contributed by atoms with Crippen LogP contribution in [0.1, 0.15) is 11.4 Å². The zero-order valence-corrected chi connectivity index (χ0v) is 13.3. The topological polar surface area (TPSA) is 0 Å². The van der Waals surface area contributed by atoms with Crippen LogP contribution in [0.2, 0.25) is 0 Å². The Morgan fingerprint density at radius 2 is 1.41 bits per heavy atom. The van der Waals surface area contributed by atoms with Crippen LogP contribution in [0.25, 0.3) is 0 Å². The summed E-state index contributed by atoms with van der Waals surface area (Å²) in [6, 6.07) is 3.93. The van der Waals surface area contributed by atoms with Crippen molar-refractivity contribution in [2.24, 2.45) is 0 Å². The third-order valence-corrected chi connectivity index (χ3v) is 2.49.